The molecule has 0 bridgehead atoms. The maximum atomic E-state index is 13.2. The van der Waals surface area contributed by atoms with Gasteiger partial charge in [-0.05, 0) is 50.2 Å². The number of para-hydroxylation sites is 1. The zero-order valence-corrected chi connectivity index (χ0v) is 18.3. The number of nitrogens with zero attached hydrogens (tertiary/aromatic N) is 1. The molecule has 0 saturated heterocycles. The summed E-state index contributed by atoms with van der Waals surface area (Å²) in [6.07, 6.45) is 0. The number of hydrogen-bond acceptors (Lipinski definition) is 5. The zero-order chi connectivity index (χ0) is 22.8. The van der Waals surface area contributed by atoms with Crippen LogP contribution in [0.5, 0.6) is 23.0 Å². The highest BCUT2D eigenvalue weighted by Gasteiger charge is 2.30. The van der Waals surface area contributed by atoms with Crippen molar-refractivity contribution < 1.29 is 23.8 Å². The highest BCUT2D eigenvalue weighted by Crippen LogP contribution is 2.41. The Morgan fingerprint density at radius 3 is 2.47 bits per heavy atom. The van der Waals surface area contributed by atoms with Crippen molar-refractivity contribution >= 4 is 23.2 Å². The second-order valence-corrected chi connectivity index (χ2v) is 7.57. The predicted octanol–water partition coefficient (Wildman–Crippen LogP) is 5.12. The molecule has 0 unspecified atom stereocenters. The number of carbonyl (C=O) groups is 2. The molecule has 0 saturated carbocycles. The van der Waals surface area contributed by atoms with Crippen molar-refractivity contribution in [3.63, 3.8) is 0 Å². The smallest absolute Gasteiger partial charge is 0.262 e. The molecule has 1 heterocycles. The molecule has 0 atom stereocenters. The highest BCUT2D eigenvalue weighted by atomic mass is 16.5. The molecule has 164 valence electrons. The first kappa shape index (κ1) is 21.2. The molecule has 0 aliphatic carbocycles. The largest absolute Gasteiger partial charge is 0.497 e. The molecular weight excluding hydrogens is 408 g/mol. The van der Waals surface area contributed by atoms with Gasteiger partial charge in [-0.2, -0.15) is 0 Å². The average molecular weight is 432 g/mol. The zero-order valence-electron chi connectivity index (χ0n) is 18.3. The van der Waals surface area contributed by atoms with Gasteiger partial charge in [-0.25, -0.2) is 0 Å². The van der Waals surface area contributed by atoms with Gasteiger partial charge in [0, 0.05) is 23.9 Å². The summed E-state index contributed by atoms with van der Waals surface area (Å²) >= 11 is 0. The lowest BCUT2D eigenvalue weighted by atomic mass is 10.1. The van der Waals surface area contributed by atoms with Gasteiger partial charge in [-0.15, -0.1) is 0 Å². The second kappa shape index (κ2) is 8.63. The van der Waals surface area contributed by atoms with Crippen molar-refractivity contribution in [2.24, 2.45) is 0 Å². The minimum Gasteiger partial charge on any atom is -0.497 e. The molecule has 4 rings (SSSR count). The van der Waals surface area contributed by atoms with E-state index in [-0.39, 0.29) is 17.9 Å². The van der Waals surface area contributed by atoms with E-state index >= 15 is 0 Å². The SMILES string of the molecule is COc1ccc(C(=O)Nc2ccc3c(c2)Oc2ccccc2C(=O)N3C(C)C)c(OC)c1. The standard InChI is InChI=1S/C25H24N2O5/c1-15(2)27-20-12-9-16(13-23(20)32-21-8-6-5-7-19(21)25(27)29)26-24(28)18-11-10-17(30-3)14-22(18)31-4/h5-15H,1-4H3,(H,26,28). The van der Waals surface area contributed by atoms with Gasteiger partial charge in [0.1, 0.15) is 17.2 Å². The Bertz CT molecular complexity index is 1190. The van der Waals surface area contributed by atoms with Gasteiger partial charge in [0.05, 0.1) is 31.0 Å². The van der Waals surface area contributed by atoms with Crippen LogP contribution >= 0.6 is 0 Å². The number of rotatable bonds is 5. The van der Waals surface area contributed by atoms with E-state index in [0.717, 1.165) is 0 Å². The lowest BCUT2D eigenvalue weighted by Crippen LogP contribution is -2.36. The van der Waals surface area contributed by atoms with Crippen LogP contribution in [0.25, 0.3) is 0 Å². The van der Waals surface area contributed by atoms with E-state index in [1.807, 2.05) is 26.0 Å². The number of nitrogens with one attached hydrogen (secondary N) is 1. The number of amides is 2. The van der Waals surface area contributed by atoms with Crippen LogP contribution in [0.4, 0.5) is 11.4 Å². The normalized spacial score (nSPS) is 12.4. The van der Waals surface area contributed by atoms with E-state index in [1.165, 1.54) is 7.11 Å². The van der Waals surface area contributed by atoms with Crippen molar-refractivity contribution in [3.05, 3.63) is 71.8 Å². The van der Waals surface area contributed by atoms with Crippen LogP contribution in [-0.2, 0) is 0 Å². The van der Waals surface area contributed by atoms with Gasteiger partial charge in [-0.3, -0.25) is 9.59 Å². The first-order chi connectivity index (χ1) is 15.4. The van der Waals surface area contributed by atoms with Gasteiger partial charge >= 0.3 is 0 Å². The van der Waals surface area contributed by atoms with E-state index in [0.29, 0.717) is 45.5 Å². The summed E-state index contributed by atoms with van der Waals surface area (Å²) < 4.78 is 16.6. The predicted molar refractivity (Wildman–Crippen MR) is 122 cm³/mol. The van der Waals surface area contributed by atoms with Gasteiger partial charge in [0.15, 0.2) is 5.75 Å². The molecule has 1 aliphatic heterocycles. The average Bonchev–Trinajstić information content (AvgIpc) is 2.92. The van der Waals surface area contributed by atoms with Crippen LogP contribution in [-0.4, -0.2) is 32.1 Å². The molecule has 1 N–H and O–H groups in total. The van der Waals surface area contributed by atoms with Crippen molar-refractivity contribution in [2.75, 3.05) is 24.4 Å². The first-order valence-electron chi connectivity index (χ1n) is 10.2. The summed E-state index contributed by atoms with van der Waals surface area (Å²) in [6.45, 7) is 3.89. The Morgan fingerprint density at radius 2 is 1.75 bits per heavy atom. The minimum absolute atomic E-state index is 0.0833. The fourth-order valence-corrected chi connectivity index (χ4v) is 3.66. The summed E-state index contributed by atoms with van der Waals surface area (Å²) in [5.74, 6) is 1.48. The van der Waals surface area contributed by atoms with Gasteiger partial charge < -0.3 is 24.4 Å². The number of ether oxygens (including phenoxy) is 3. The molecule has 0 radical (unpaired) electrons. The van der Waals surface area contributed by atoms with Crippen LogP contribution in [0.3, 0.4) is 0 Å². The van der Waals surface area contributed by atoms with Crippen molar-refractivity contribution in [2.45, 2.75) is 19.9 Å². The first-order valence-corrected chi connectivity index (χ1v) is 10.2. The summed E-state index contributed by atoms with van der Waals surface area (Å²) in [5.41, 5.74) is 2.03. The highest BCUT2D eigenvalue weighted by molar-refractivity contribution is 6.10. The Morgan fingerprint density at radius 1 is 0.969 bits per heavy atom. The van der Waals surface area contributed by atoms with Crippen molar-refractivity contribution in [1.82, 2.24) is 0 Å². The minimum atomic E-state index is -0.338. The number of methoxy groups -OCH3 is 2. The molecule has 3 aromatic rings. The van der Waals surface area contributed by atoms with Crippen LogP contribution < -0.4 is 24.4 Å². The molecule has 7 heteroatoms. The topological polar surface area (TPSA) is 77.1 Å². The van der Waals surface area contributed by atoms with E-state index in [9.17, 15) is 9.59 Å². The summed E-state index contributed by atoms with van der Waals surface area (Å²) in [5, 5.41) is 2.88. The number of benzene rings is 3. The van der Waals surface area contributed by atoms with Gasteiger partial charge in [0.25, 0.3) is 11.8 Å². The molecule has 0 aromatic heterocycles. The molecule has 0 fully saturated rings. The molecule has 2 amide bonds. The van der Waals surface area contributed by atoms with E-state index in [2.05, 4.69) is 5.32 Å². The number of anilines is 2. The third kappa shape index (κ3) is 3.85. The Kier molecular flexibility index (Phi) is 5.73. The number of fused-ring (bicyclic) bond motifs is 2. The Balaban J connectivity index is 1.69. The van der Waals surface area contributed by atoms with Crippen molar-refractivity contribution in [1.29, 1.82) is 0 Å². The summed E-state index contributed by atoms with van der Waals surface area (Å²) in [7, 11) is 3.05. The molecule has 3 aromatic carbocycles. The quantitative estimate of drug-likeness (QED) is 0.606. The maximum absolute atomic E-state index is 13.2. The van der Waals surface area contributed by atoms with Crippen molar-refractivity contribution in [3.8, 4) is 23.0 Å². The molecule has 0 spiro atoms. The Hall–Kier alpha value is -4.00. The van der Waals surface area contributed by atoms with E-state index < -0.39 is 0 Å². The molecule has 32 heavy (non-hydrogen) atoms. The van der Waals surface area contributed by atoms with Crippen LogP contribution in [0.1, 0.15) is 34.6 Å². The van der Waals surface area contributed by atoms with Crippen LogP contribution in [0.15, 0.2) is 60.7 Å². The van der Waals surface area contributed by atoms with Crippen LogP contribution in [0, 0.1) is 0 Å². The second-order valence-electron chi connectivity index (χ2n) is 7.57. The molecule has 7 nitrogen and oxygen atoms in total. The lowest BCUT2D eigenvalue weighted by Gasteiger charge is -2.26. The number of hydrogen-bond donors (Lipinski definition) is 1. The lowest BCUT2D eigenvalue weighted by molar-refractivity contribution is 0.0978. The fourth-order valence-electron chi connectivity index (χ4n) is 3.66. The van der Waals surface area contributed by atoms with E-state index in [4.69, 9.17) is 14.2 Å². The number of carbonyl (C=O) groups excluding carboxylic acids is 2. The fraction of sp³-hybridized carbons (Fsp3) is 0.200. The van der Waals surface area contributed by atoms with Gasteiger partial charge in [0.2, 0.25) is 0 Å². The Labute approximate surface area is 186 Å². The molecular formula is C25H24N2O5. The third-order valence-electron chi connectivity index (χ3n) is 5.20. The maximum Gasteiger partial charge on any atom is 0.262 e. The monoisotopic (exact) mass is 432 g/mol. The van der Waals surface area contributed by atoms with Gasteiger partial charge in [-0.1, -0.05) is 12.1 Å². The van der Waals surface area contributed by atoms with Crippen LogP contribution in [0.2, 0.25) is 0 Å². The summed E-state index contributed by atoms with van der Waals surface area (Å²) in [4.78, 5) is 27.8. The molecule has 1 aliphatic rings. The third-order valence-corrected chi connectivity index (χ3v) is 5.20. The summed E-state index contributed by atoms with van der Waals surface area (Å²) in [6, 6.07) is 17.3. The van der Waals surface area contributed by atoms with E-state index in [1.54, 1.807) is 60.5 Å².